The highest BCUT2D eigenvalue weighted by Crippen LogP contribution is 2.28. The van der Waals surface area contributed by atoms with E-state index in [0.29, 0.717) is 17.4 Å². The van der Waals surface area contributed by atoms with E-state index in [1.54, 1.807) is 31.0 Å². The number of nitrogens with zero attached hydrogens (tertiary/aromatic N) is 2. The molecule has 18 heavy (non-hydrogen) atoms. The lowest BCUT2D eigenvalue weighted by atomic mass is 10.2. The van der Waals surface area contributed by atoms with Gasteiger partial charge in [-0.05, 0) is 25.5 Å². The molecule has 1 aromatic rings. The number of thioether (sulfide) groups is 1. The number of hydrogen-bond donors (Lipinski definition) is 1. The van der Waals surface area contributed by atoms with Gasteiger partial charge in [0.15, 0.2) is 5.17 Å². The van der Waals surface area contributed by atoms with Crippen LogP contribution in [0.5, 0.6) is 5.75 Å². The van der Waals surface area contributed by atoms with Crippen molar-refractivity contribution in [3.8, 4) is 11.8 Å². The second kappa shape index (κ2) is 5.78. The van der Waals surface area contributed by atoms with Gasteiger partial charge in [0.1, 0.15) is 5.75 Å². The van der Waals surface area contributed by atoms with Crippen LogP contribution in [0.15, 0.2) is 23.2 Å². The summed E-state index contributed by atoms with van der Waals surface area (Å²) >= 11 is 1.71. The van der Waals surface area contributed by atoms with Gasteiger partial charge in [0.25, 0.3) is 0 Å². The summed E-state index contributed by atoms with van der Waals surface area (Å²) in [6.45, 7) is 2.11. The molecule has 0 spiro atoms. The summed E-state index contributed by atoms with van der Waals surface area (Å²) in [6.07, 6.45) is 1.11. The highest BCUT2D eigenvalue weighted by atomic mass is 32.2. The van der Waals surface area contributed by atoms with Gasteiger partial charge in [-0.25, -0.2) is 0 Å². The number of benzene rings is 1. The number of anilines is 1. The lowest BCUT2D eigenvalue weighted by molar-refractivity contribution is 0.417. The molecule has 0 saturated carbocycles. The van der Waals surface area contributed by atoms with E-state index in [1.165, 1.54) is 0 Å². The number of ether oxygens (including phenoxy) is 1. The Balaban J connectivity index is 2.21. The van der Waals surface area contributed by atoms with E-state index in [-0.39, 0.29) is 0 Å². The maximum atomic E-state index is 8.85. The van der Waals surface area contributed by atoms with Gasteiger partial charge in [0.2, 0.25) is 0 Å². The van der Waals surface area contributed by atoms with Crippen molar-refractivity contribution in [1.29, 1.82) is 5.26 Å². The van der Waals surface area contributed by atoms with Crippen molar-refractivity contribution in [3.05, 3.63) is 23.8 Å². The molecule has 1 heterocycles. The highest BCUT2D eigenvalue weighted by Gasteiger charge is 2.13. The molecule has 0 saturated heterocycles. The molecule has 0 amide bonds. The zero-order chi connectivity index (χ0) is 13.0. The predicted molar refractivity (Wildman–Crippen MR) is 75.3 cm³/mol. The molecule has 1 atom stereocenters. The third-order valence-corrected chi connectivity index (χ3v) is 3.61. The predicted octanol–water partition coefficient (Wildman–Crippen LogP) is 2.86. The zero-order valence-corrected chi connectivity index (χ0v) is 11.3. The molecule has 2 rings (SSSR count). The largest absolute Gasteiger partial charge is 0.495 e. The maximum Gasteiger partial charge on any atom is 0.161 e. The van der Waals surface area contributed by atoms with Crippen LogP contribution in [0.1, 0.15) is 18.9 Å². The monoisotopic (exact) mass is 261 g/mol. The number of methoxy groups -OCH3 is 1. The van der Waals surface area contributed by atoms with Crippen LogP contribution in [0.25, 0.3) is 0 Å². The molecule has 1 aliphatic heterocycles. The molecule has 0 radical (unpaired) electrons. The Morgan fingerprint density at radius 1 is 1.56 bits per heavy atom. The first-order valence-electron chi connectivity index (χ1n) is 5.78. The third kappa shape index (κ3) is 2.96. The maximum absolute atomic E-state index is 8.85. The lowest BCUT2D eigenvalue weighted by Gasteiger charge is -2.18. The first kappa shape index (κ1) is 12.8. The first-order valence-corrected chi connectivity index (χ1v) is 6.77. The van der Waals surface area contributed by atoms with Crippen molar-refractivity contribution >= 4 is 22.6 Å². The number of rotatable bonds is 2. The Kier molecular flexibility index (Phi) is 4.11. The normalized spacial score (nSPS) is 18.7. The molecule has 1 unspecified atom stereocenters. The minimum absolute atomic E-state index is 0.359. The lowest BCUT2D eigenvalue weighted by Crippen LogP contribution is -2.18. The number of hydrogen-bond acceptors (Lipinski definition) is 5. The van der Waals surface area contributed by atoms with Crippen LogP contribution in [0.2, 0.25) is 0 Å². The molecule has 94 valence electrons. The van der Waals surface area contributed by atoms with Crippen molar-refractivity contribution in [3.63, 3.8) is 0 Å². The van der Waals surface area contributed by atoms with Gasteiger partial charge in [0, 0.05) is 11.8 Å². The summed E-state index contributed by atoms with van der Waals surface area (Å²) in [7, 11) is 1.60. The molecule has 1 aliphatic rings. The average Bonchev–Trinajstić information content (AvgIpc) is 2.39. The SMILES string of the molecule is COc1cc(C#N)ccc1NC1=NC(C)CCS1. The Hall–Kier alpha value is -1.67. The van der Waals surface area contributed by atoms with Gasteiger partial charge in [-0.2, -0.15) is 5.26 Å². The second-order valence-corrected chi connectivity index (χ2v) is 5.16. The van der Waals surface area contributed by atoms with Crippen LogP contribution in [0, 0.1) is 11.3 Å². The Bertz CT molecular complexity index is 507. The van der Waals surface area contributed by atoms with Gasteiger partial charge < -0.3 is 10.1 Å². The Morgan fingerprint density at radius 2 is 2.39 bits per heavy atom. The second-order valence-electron chi connectivity index (χ2n) is 4.07. The quantitative estimate of drug-likeness (QED) is 0.889. The fourth-order valence-electron chi connectivity index (χ4n) is 1.68. The fourth-order valence-corrected chi connectivity index (χ4v) is 2.76. The molecule has 1 N–H and O–H groups in total. The van der Waals surface area contributed by atoms with Crippen molar-refractivity contribution < 1.29 is 4.74 Å². The van der Waals surface area contributed by atoms with Crippen LogP contribution >= 0.6 is 11.8 Å². The van der Waals surface area contributed by atoms with Gasteiger partial charge in [-0.15, -0.1) is 0 Å². The molecular weight excluding hydrogens is 246 g/mol. The van der Waals surface area contributed by atoms with Crippen molar-refractivity contribution in [2.75, 3.05) is 18.2 Å². The number of aliphatic imine (C=N–C) groups is 1. The Morgan fingerprint density at radius 3 is 3.06 bits per heavy atom. The standard InChI is InChI=1S/C13H15N3OS/c1-9-5-6-18-13(15-9)16-11-4-3-10(8-14)7-12(11)17-2/h3-4,7,9H,5-6H2,1-2H3,(H,15,16). The summed E-state index contributed by atoms with van der Waals surface area (Å²) in [4.78, 5) is 4.54. The van der Waals surface area contributed by atoms with E-state index in [0.717, 1.165) is 23.0 Å². The third-order valence-electron chi connectivity index (χ3n) is 2.68. The topological polar surface area (TPSA) is 57.4 Å². The fraction of sp³-hybridized carbons (Fsp3) is 0.385. The summed E-state index contributed by atoms with van der Waals surface area (Å²) in [5.74, 6) is 1.74. The highest BCUT2D eigenvalue weighted by molar-refractivity contribution is 8.14. The number of nitriles is 1. The number of nitrogens with one attached hydrogen (secondary N) is 1. The zero-order valence-electron chi connectivity index (χ0n) is 10.4. The molecule has 5 heteroatoms. The Labute approximate surface area is 111 Å². The van der Waals surface area contributed by atoms with Gasteiger partial charge in [-0.3, -0.25) is 4.99 Å². The minimum atomic E-state index is 0.359. The average molecular weight is 261 g/mol. The van der Waals surface area contributed by atoms with E-state index in [2.05, 4.69) is 23.3 Å². The molecule has 0 aliphatic carbocycles. The summed E-state index contributed by atoms with van der Waals surface area (Å²) in [5, 5.41) is 13.0. The molecular formula is C13H15N3OS. The molecule has 1 aromatic carbocycles. The van der Waals surface area contributed by atoms with Crippen LogP contribution < -0.4 is 10.1 Å². The van der Waals surface area contributed by atoms with Crippen molar-refractivity contribution in [2.24, 2.45) is 4.99 Å². The van der Waals surface area contributed by atoms with E-state index in [9.17, 15) is 0 Å². The van der Waals surface area contributed by atoms with Crippen molar-refractivity contribution in [2.45, 2.75) is 19.4 Å². The van der Waals surface area contributed by atoms with Crippen LogP contribution in [-0.2, 0) is 0 Å². The number of amidine groups is 1. The molecule has 0 bridgehead atoms. The molecule has 4 nitrogen and oxygen atoms in total. The van der Waals surface area contributed by atoms with Crippen molar-refractivity contribution in [1.82, 2.24) is 0 Å². The molecule has 0 aromatic heterocycles. The van der Waals surface area contributed by atoms with E-state index in [1.807, 2.05) is 6.07 Å². The van der Waals surface area contributed by atoms with Gasteiger partial charge in [0.05, 0.1) is 30.5 Å². The van der Waals surface area contributed by atoms with Crippen LogP contribution in [-0.4, -0.2) is 24.1 Å². The minimum Gasteiger partial charge on any atom is -0.495 e. The summed E-state index contributed by atoms with van der Waals surface area (Å²) < 4.78 is 5.28. The molecule has 0 fully saturated rings. The summed E-state index contributed by atoms with van der Waals surface area (Å²) in [6, 6.07) is 7.79. The smallest absolute Gasteiger partial charge is 0.161 e. The van der Waals surface area contributed by atoms with E-state index in [4.69, 9.17) is 10.00 Å². The first-order chi connectivity index (χ1) is 8.72. The van der Waals surface area contributed by atoms with Crippen LogP contribution in [0.3, 0.4) is 0 Å². The van der Waals surface area contributed by atoms with E-state index >= 15 is 0 Å². The summed E-state index contributed by atoms with van der Waals surface area (Å²) in [5.41, 5.74) is 1.43. The van der Waals surface area contributed by atoms with Crippen LogP contribution in [0.4, 0.5) is 5.69 Å². The van der Waals surface area contributed by atoms with E-state index < -0.39 is 0 Å². The van der Waals surface area contributed by atoms with Gasteiger partial charge in [-0.1, -0.05) is 11.8 Å². The van der Waals surface area contributed by atoms with Gasteiger partial charge >= 0.3 is 0 Å².